The van der Waals surface area contributed by atoms with E-state index < -0.39 is 102 Å². The van der Waals surface area contributed by atoms with Crippen molar-refractivity contribution in [2.45, 2.75) is 121 Å². The normalized spacial score (nSPS) is 28.8. The fourth-order valence-corrected chi connectivity index (χ4v) is 6.45. The summed E-state index contributed by atoms with van der Waals surface area (Å²) in [5.74, 6) is -5.05. The summed E-state index contributed by atoms with van der Waals surface area (Å²) in [6.45, 7) is 7.46. The minimum atomic E-state index is -1.34. The maximum Gasteiger partial charge on any atom is 0.303 e. The highest BCUT2D eigenvalue weighted by atomic mass is 32.2. The van der Waals surface area contributed by atoms with Gasteiger partial charge >= 0.3 is 41.8 Å². The van der Waals surface area contributed by atoms with E-state index in [0.717, 1.165) is 53.3 Å². The second-order valence-corrected chi connectivity index (χ2v) is 12.4. The number of esters is 7. The summed E-state index contributed by atoms with van der Waals surface area (Å²) in [7, 11) is 1.29. The monoisotopic (exact) mass is 747 g/mol. The molecule has 0 saturated carbocycles. The van der Waals surface area contributed by atoms with Crippen molar-refractivity contribution in [1.29, 1.82) is 0 Å². The van der Waals surface area contributed by atoms with E-state index in [4.69, 9.17) is 47.4 Å². The number of methoxy groups -OCH3 is 1. The SMILES string of the molecule is CO[C@H]1O[C@H](Cn2cc(CS[C@@H]3O[C@H](COC(C)=O)[C@H](OC(C)=O)[C@H](OC(C)=O)[C@H]3OC(C)=O)nn2)[C@@H](OC(C)=O)[C@H](OC(C)=O)[C@H]1OC(C)=O. The highest BCUT2D eigenvalue weighted by Gasteiger charge is 2.53. The molecule has 1 aromatic rings. The summed E-state index contributed by atoms with van der Waals surface area (Å²) in [6, 6.07) is 0. The molecule has 2 aliphatic heterocycles. The van der Waals surface area contributed by atoms with Gasteiger partial charge in [0.2, 0.25) is 0 Å². The Kier molecular flexibility index (Phi) is 15.1. The third kappa shape index (κ3) is 12.1. The Morgan fingerprint density at radius 2 is 1.12 bits per heavy atom. The molecule has 0 radical (unpaired) electrons. The first-order valence-corrected chi connectivity index (χ1v) is 16.5. The van der Waals surface area contributed by atoms with Gasteiger partial charge in [-0.05, 0) is 0 Å². The topological polar surface area (TPSA) is 242 Å². The van der Waals surface area contributed by atoms with Crippen LogP contribution in [-0.4, -0.2) is 131 Å². The van der Waals surface area contributed by atoms with Gasteiger partial charge in [0.05, 0.1) is 12.2 Å². The molecule has 0 aromatic carbocycles. The molecule has 3 heterocycles. The molecular formula is C30H41N3O17S. The second-order valence-electron chi connectivity index (χ2n) is 11.3. The zero-order valence-corrected chi connectivity index (χ0v) is 30.0. The molecule has 20 nitrogen and oxygen atoms in total. The van der Waals surface area contributed by atoms with Crippen LogP contribution in [-0.2, 0) is 93.2 Å². The van der Waals surface area contributed by atoms with Gasteiger partial charge in [-0.1, -0.05) is 5.21 Å². The molecule has 0 unspecified atom stereocenters. The summed E-state index contributed by atoms with van der Waals surface area (Å²) in [4.78, 5) is 83.8. The van der Waals surface area contributed by atoms with Crippen LogP contribution in [0, 0.1) is 0 Å². The molecule has 0 spiro atoms. The Labute approximate surface area is 296 Å². The first-order chi connectivity index (χ1) is 24.0. The van der Waals surface area contributed by atoms with Gasteiger partial charge < -0.3 is 47.4 Å². The van der Waals surface area contributed by atoms with Crippen LogP contribution >= 0.6 is 11.8 Å². The largest absolute Gasteiger partial charge is 0.463 e. The predicted octanol–water partition coefficient (Wildman–Crippen LogP) is -0.239. The van der Waals surface area contributed by atoms with Gasteiger partial charge in [0.1, 0.15) is 24.3 Å². The van der Waals surface area contributed by atoms with Gasteiger partial charge in [-0.25, -0.2) is 4.68 Å². The van der Waals surface area contributed by atoms with E-state index in [2.05, 4.69) is 10.3 Å². The molecule has 1 aromatic heterocycles. The number of carbonyl (C=O) groups is 7. The highest BCUT2D eigenvalue weighted by Crippen LogP contribution is 2.36. The lowest BCUT2D eigenvalue weighted by Crippen LogP contribution is -2.62. The van der Waals surface area contributed by atoms with Gasteiger partial charge in [-0.3, -0.25) is 33.6 Å². The number of nitrogens with zero attached hydrogens (tertiary/aromatic N) is 3. The van der Waals surface area contributed by atoms with Crippen molar-refractivity contribution in [3.05, 3.63) is 11.9 Å². The number of hydrogen-bond donors (Lipinski definition) is 0. The predicted molar refractivity (Wildman–Crippen MR) is 166 cm³/mol. The fraction of sp³-hybridized carbons (Fsp3) is 0.700. The molecule has 0 N–H and O–H groups in total. The van der Waals surface area contributed by atoms with Gasteiger partial charge in [0.15, 0.2) is 42.9 Å². The van der Waals surface area contributed by atoms with Crippen molar-refractivity contribution in [3.8, 4) is 0 Å². The minimum absolute atomic E-state index is 0.0674. The molecule has 284 valence electrons. The van der Waals surface area contributed by atoms with Crippen LogP contribution in [0.1, 0.15) is 54.2 Å². The Hall–Kier alpha value is -4.34. The number of thioether (sulfide) groups is 1. The Bertz CT molecular complexity index is 1440. The van der Waals surface area contributed by atoms with Crippen LogP contribution in [0.4, 0.5) is 0 Å². The lowest BCUT2D eigenvalue weighted by Gasteiger charge is -2.44. The van der Waals surface area contributed by atoms with E-state index in [9.17, 15) is 33.6 Å². The standard InChI is InChI=1S/C30H41N3O17S/c1-13(34)42-11-22-24(44-15(3)36)26(46-17(5)38)28(48-19(7)40)30(50-22)51-12-20-9-33(32-31-20)10-21-23(43-14(2)35)25(45-16(4)37)27(47-18(6)39)29(41-8)49-21/h9,21-30H,10-12H2,1-8H3/t21-,22-,23-,24+,25+,26+,27-,28-,29+,30+/m1/s1. The van der Waals surface area contributed by atoms with Crippen LogP contribution in [0.2, 0.25) is 0 Å². The van der Waals surface area contributed by atoms with Gasteiger partial charge in [0.25, 0.3) is 0 Å². The molecule has 0 amide bonds. The molecule has 2 saturated heterocycles. The first kappa shape index (κ1) is 41.1. The Morgan fingerprint density at radius 3 is 1.63 bits per heavy atom. The maximum atomic E-state index is 12.1. The van der Waals surface area contributed by atoms with Gasteiger partial charge in [-0.2, -0.15) is 0 Å². The summed E-state index contributed by atoms with van der Waals surface area (Å²) >= 11 is 1.06. The molecule has 3 rings (SSSR count). The minimum Gasteiger partial charge on any atom is -0.463 e. The number of rotatable bonds is 14. The summed E-state index contributed by atoms with van der Waals surface area (Å²) < 4.78 is 56.5. The molecule has 51 heavy (non-hydrogen) atoms. The molecule has 0 aliphatic carbocycles. The third-order valence-electron chi connectivity index (χ3n) is 7.03. The van der Waals surface area contributed by atoms with Crippen molar-refractivity contribution in [1.82, 2.24) is 15.0 Å². The summed E-state index contributed by atoms with van der Waals surface area (Å²) in [5, 5.41) is 8.27. The lowest BCUT2D eigenvalue weighted by molar-refractivity contribution is -0.300. The molecular weight excluding hydrogens is 706 g/mol. The molecule has 0 bridgehead atoms. The van der Waals surface area contributed by atoms with E-state index in [1.165, 1.54) is 24.9 Å². The number of carbonyl (C=O) groups excluding carboxylic acids is 7. The Balaban J connectivity index is 1.86. The molecule has 10 atom stereocenters. The quantitative estimate of drug-likeness (QED) is 0.176. The average Bonchev–Trinajstić information content (AvgIpc) is 3.46. The third-order valence-corrected chi connectivity index (χ3v) is 8.20. The van der Waals surface area contributed by atoms with Gasteiger partial charge in [-0.15, -0.1) is 16.9 Å². The first-order valence-electron chi connectivity index (χ1n) is 15.5. The smallest absolute Gasteiger partial charge is 0.303 e. The van der Waals surface area contributed by atoms with E-state index in [1.54, 1.807) is 0 Å². The van der Waals surface area contributed by atoms with E-state index in [1.807, 2.05) is 0 Å². The molecule has 2 aliphatic rings. The van der Waals surface area contributed by atoms with Crippen molar-refractivity contribution in [2.75, 3.05) is 13.7 Å². The number of aromatic nitrogens is 3. The van der Waals surface area contributed by atoms with E-state index in [-0.39, 0.29) is 18.9 Å². The van der Waals surface area contributed by atoms with Gasteiger partial charge in [0, 0.05) is 67.5 Å². The summed E-state index contributed by atoms with van der Waals surface area (Å²) in [5.41, 5.74) is -0.693. The van der Waals surface area contributed by atoms with Crippen LogP contribution in [0.15, 0.2) is 6.20 Å². The zero-order valence-electron chi connectivity index (χ0n) is 29.2. The van der Waals surface area contributed by atoms with Crippen LogP contribution in [0.5, 0.6) is 0 Å². The highest BCUT2D eigenvalue weighted by molar-refractivity contribution is 7.99. The maximum absolute atomic E-state index is 12.1. The van der Waals surface area contributed by atoms with Crippen LogP contribution in [0.3, 0.4) is 0 Å². The van der Waals surface area contributed by atoms with Crippen molar-refractivity contribution in [3.63, 3.8) is 0 Å². The van der Waals surface area contributed by atoms with Crippen molar-refractivity contribution >= 4 is 53.5 Å². The van der Waals surface area contributed by atoms with Crippen molar-refractivity contribution in [2.24, 2.45) is 0 Å². The van der Waals surface area contributed by atoms with Crippen LogP contribution in [0.25, 0.3) is 0 Å². The number of ether oxygens (including phenoxy) is 10. The van der Waals surface area contributed by atoms with Crippen LogP contribution < -0.4 is 0 Å². The zero-order chi connectivity index (χ0) is 38.0. The molecule has 2 fully saturated rings. The number of hydrogen-bond acceptors (Lipinski definition) is 20. The Morgan fingerprint density at radius 1 is 0.647 bits per heavy atom. The molecule has 21 heteroatoms. The van der Waals surface area contributed by atoms with E-state index >= 15 is 0 Å². The van der Waals surface area contributed by atoms with E-state index in [0.29, 0.717) is 5.69 Å². The average molecular weight is 748 g/mol. The second kappa shape index (κ2) is 18.8. The fourth-order valence-electron chi connectivity index (χ4n) is 5.36. The summed E-state index contributed by atoms with van der Waals surface area (Å²) in [6.07, 6.45) is -9.64. The van der Waals surface area contributed by atoms with Crippen molar-refractivity contribution < 1.29 is 80.9 Å². The lowest BCUT2D eigenvalue weighted by atomic mass is 9.97.